The van der Waals surface area contributed by atoms with Crippen molar-refractivity contribution in [3.05, 3.63) is 12.2 Å². The predicted octanol–water partition coefficient (Wildman–Crippen LogP) is 0.187. The number of carbonyl (C=O) groups is 3. The van der Waals surface area contributed by atoms with Crippen LogP contribution in [0.25, 0.3) is 0 Å². The molecule has 0 aliphatic heterocycles. The van der Waals surface area contributed by atoms with Crippen molar-refractivity contribution in [2.45, 2.75) is 19.4 Å². The molecule has 0 aromatic heterocycles. The SMILES string of the molecule is COC(=O)[C@H](C)NC(=O)[C@H]1C2C=CC(C2)[C@H]1C(=O)O. The highest BCUT2D eigenvalue weighted by Crippen LogP contribution is 2.48. The summed E-state index contributed by atoms with van der Waals surface area (Å²) in [5, 5.41) is 11.8. The number of carbonyl (C=O) groups excluding carboxylic acids is 2. The third-order valence-electron chi connectivity index (χ3n) is 3.96. The van der Waals surface area contributed by atoms with Crippen LogP contribution in [0.4, 0.5) is 0 Å². The third kappa shape index (κ3) is 2.34. The number of carboxylic acids is 1. The first kappa shape index (κ1) is 13.6. The van der Waals surface area contributed by atoms with E-state index in [0.29, 0.717) is 6.42 Å². The van der Waals surface area contributed by atoms with Crippen molar-refractivity contribution in [1.82, 2.24) is 5.32 Å². The lowest BCUT2D eigenvalue weighted by Gasteiger charge is -2.25. The molecule has 2 aliphatic rings. The molecule has 2 unspecified atom stereocenters. The molecule has 2 N–H and O–H groups in total. The summed E-state index contributed by atoms with van der Waals surface area (Å²) < 4.78 is 4.53. The fraction of sp³-hybridized carbons (Fsp3) is 0.615. The Morgan fingerprint density at radius 3 is 2.37 bits per heavy atom. The van der Waals surface area contributed by atoms with Crippen LogP contribution in [-0.2, 0) is 19.1 Å². The van der Waals surface area contributed by atoms with Gasteiger partial charge in [0.15, 0.2) is 0 Å². The first-order chi connectivity index (χ1) is 8.95. The van der Waals surface area contributed by atoms with Crippen molar-refractivity contribution in [3.8, 4) is 0 Å². The molecule has 2 rings (SSSR count). The van der Waals surface area contributed by atoms with Gasteiger partial charge in [-0.25, -0.2) is 4.79 Å². The fourth-order valence-electron chi connectivity index (χ4n) is 3.06. The molecule has 104 valence electrons. The molecule has 0 aromatic rings. The second kappa shape index (κ2) is 5.03. The van der Waals surface area contributed by atoms with Crippen LogP contribution in [0.3, 0.4) is 0 Å². The summed E-state index contributed by atoms with van der Waals surface area (Å²) in [6, 6.07) is -0.768. The molecule has 1 fully saturated rings. The first-order valence-electron chi connectivity index (χ1n) is 6.25. The zero-order valence-corrected chi connectivity index (χ0v) is 10.8. The van der Waals surface area contributed by atoms with Gasteiger partial charge in [-0.15, -0.1) is 0 Å². The van der Waals surface area contributed by atoms with Crippen LogP contribution in [-0.4, -0.2) is 36.1 Å². The monoisotopic (exact) mass is 267 g/mol. The average molecular weight is 267 g/mol. The largest absolute Gasteiger partial charge is 0.481 e. The minimum absolute atomic E-state index is 0.0454. The molecule has 6 nitrogen and oxygen atoms in total. The maximum Gasteiger partial charge on any atom is 0.328 e. The lowest BCUT2D eigenvalue weighted by Crippen LogP contribution is -2.46. The van der Waals surface area contributed by atoms with E-state index in [1.54, 1.807) is 0 Å². The van der Waals surface area contributed by atoms with Gasteiger partial charge < -0.3 is 15.2 Å². The number of ether oxygens (including phenoxy) is 1. The van der Waals surface area contributed by atoms with Gasteiger partial charge in [0.25, 0.3) is 0 Å². The van der Waals surface area contributed by atoms with Gasteiger partial charge in [0.2, 0.25) is 5.91 Å². The van der Waals surface area contributed by atoms with E-state index >= 15 is 0 Å². The van der Waals surface area contributed by atoms with E-state index in [1.165, 1.54) is 14.0 Å². The Balaban J connectivity index is 2.08. The minimum Gasteiger partial charge on any atom is -0.481 e. The quantitative estimate of drug-likeness (QED) is 0.560. The number of methoxy groups -OCH3 is 1. The van der Waals surface area contributed by atoms with Crippen molar-refractivity contribution >= 4 is 17.8 Å². The predicted molar refractivity (Wildman–Crippen MR) is 65.0 cm³/mol. The molecular formula is C13H17NO5. The van der Waals surface area contributed by atoms with Crippen LogP contribution in [0.5, 0.6) is 0 Å². The van der Waals surface area contributed by atoms with Crippen LogP contribution < -0.4 is 5.32 Å². The maximum atomic E-state index is 12.2. The molecule has 0 spiro atoms. The Labute approximate surface area is 110 Å². The zero-order chi connectivity index (χ0) is 14.2. The molecule has 2 aliphatic carbocycles. The standard InChI is InChI=1S/C13H17NO5/c1-6(13(18)19-2)14-11(15)9-7-3-4-8(5-7)10(9)12(16)17/h3-4,6-10H,5H2,1-2H3,(H,14,15)(H,16,17)/t6-,7?,8?,9-,10+/m0/s1. The number of nitrogens with one attached hydrogen (secondary N) is 1. The number of hydrogen-bond acceptors (Lipinski definition) is 4. The number of esters is 1. The van der Waals surface area contributed by atoms with E-state index in [2.05, 4.69) is 10.1 Å². The second-order valence-electron chi connectivity index (χ2n) is 5.09. The van der Waals surface area contributed by atoms with Crippen LogP contribution >= 0.6 is 0 Å². The fourth-order valence-corrected chi connectivity index (χ4v) is 3.06. The summed E-state index contributed by atoms with van der Waals surface area (Å²) in [6.45, 7) is 1.52. The van der Waals surface area contributed by atoms with E-state index in [4.69, 9.17) is 0 Å². The van der Waals surface area contributed by atoms with Gasteiger partial charge >= 0.3 is 11.9 Å². The summed E-state index contributed by atoms with van der Waals surface area (Å²) in [6.07, 6.45) is 4.47. The van der Waals surface area contributed by atoms with Crippen LogP contribution in [0, 0.1) is 23.7 Å². The highest BCUT2D eigenvalue weighted by molar-refractivity contribution is 5.89. The summed E-state index contributed by atoms with van der Waals surface area (Å²) in [5.41, 5.74) is 0. The Kier molecular flexibility index (Phi) is 3.59. The van der Waals surface area contributed by atoms with Gasteiger partial charge in [-0.3, -0.25) is 9.59 Å². The molecule has 0 heterocycles. The van der Waals surface area contributed by atoms with Gasteiger partial charge in [0.1, 0.15) is 6.04 Å². The molecule has 0 aromatic carbocycles. The molecule has 1 amide bonds. The van der Waals surface area contributed by atoms with Crippen molar-refractivity contribution < 1.29 is 24.2 Å². The Bertz CT molecular complexity index is 444. The van der Waals surface area contributed by atoms with E-state index in [9.17, 15) is 19.5 Å². The van der Waals surface area contributed by atoms with Crippen molar-refractivity contribution in [2.75, 3.05) is 7.11 Å². The van der Waals surface area contributed by atoms with Gasteiger partial charge in [0.05, 0.1) is 18.9 Å². The highest BCUT2D eigenvalue weighted by Gasteiger charge is 2.51. The molecule has 2 bridgehead atoms. The number of carboxylic acid groups (broad SMARTS) is 1. The van der Waals surface area contributed by atoms with Crippen LogP contribution in [0.15, 0.2) is 12.2 Å². The third-order valence-corrected chi connectivity index (χ3v) is 3.96. The summed E-state index contributed by atoms with van der Waals surface area (Å²) in [5.74, 6) is -3.30. The Morgan fingerprint density at radius 2 is 1.84 bits per heavy atom. The van der Waals surface area contributed by atoms with Gasteiger partial charge in [-0.2, -0.15) is 0 Å². The average Bonchev–Trinajstić information content (AvgIpc) is 2.97. The lowest BCUT2D eigenvalue weighted by molar-refractivity contribution is -0.149. The van der Waals surface area contributed by atoms with Crippen molar-refractivity contribution in [2.24, 2.45) is 23.7 Å². The first-order valence-corrected chi connectivity index (χ1v) is 6.25. The smallest absolute Gasteiger partial charge is 0.328 e. The minimum atomic E-state index is -0.956. The van der Waals surface area contributed by atoms with E-state index < -0.39 is 29.8 Å². The topological polar surface area (TPSA) is 92.7 Å². The summed E-state index contributed by atoms with van der Waals surface area (Å²) in [7, 11) is 1.24. The van der Waals surface area contributed by atoms with Crippen LogP contribution in [0.2, 0.25) is 0 Å². The van der Waals surface area contributed by atoms with Crippen molar-refractivity contribution in [1.29, 1.82) is 0 Å². The van der Waals surface area contributed by atoms with E-state index in [1.807, 2.05) is 12.2 Å². The van der Waals surface area contributed by atoms with E-state index in [0.717, 1.165) is 0 Å². The summed E-state index contributed by atoms with van der Waals surface area (Å²) >= 11 is 0. The zero-order valence-electron chi connectivity index (χ0n) is 10.8. The van der Waals surface area contributed by atoms with Gasteiger partial charge in [0, 0.05) is 0 Å². The lowest BCUT2D eigenvalue weighted by atomic mass is 9.82. The maximum absolute atomic E-state index is 12.2. The Hall–Kier alpha value is -1.85. The number of fused-ring (bicyclic) bond motifs is 2. The van der Waals surface area contributed by atoms with E-state index in [-0.39, 0.29) is 17.7 Å². The number of aliphatic carboxylic acids is 1. The molecular weight excluding hydrogens is 250 g/mol. The second-order valence-corrected chi connectivity index (χ2v) is 5.09. The molecule has 19 heavy (non-hydrogen) atoms. The normalized spacial score (nSPS) is 32.9. The van der Waals surface area contributed by atoms with Gasteiger partial charge in [-0.05, 0) is 25.2 Å². The number of rotatable bonds is 4. The molecule has 6 heteroatoms. The molecule has 1 saturated carbocycles. The molecule has 0 radical (unpaired) electrons. The van der Waals surface area contributed by atoms with Crippen molar-refractivity contribution in [3.63, 3.8) is 0 Å². The summed E-state index contributed by atoms with van der Waals surface area (Å²) in [4.78, 5) is 34.7. The van der Waals surface area contributed by atoms with Crippen LogP contribution in [0.1, 0.15) is 13.3 Å². The molecule has 0 saturated heterocycles. The number of allylic oxidation sites excluding steroid dienone is 2. The highest BCUT2D eigenvalue weighted by atomic mass is 16.5. The number of hydrogen-bond donors (Lipinski definition) is 2. The van der Waals surface area contributed by atoms with Gasteiger partial charge in [-0.1, -0.05) is 12.2 Å². The number of amides is 1. The molecule has 5 atom stereocenters. The Morgan fingerprint density at radius 1 is 1.26 bits per heavy atom.